The predicted molar refractivity (Wildman–Crippen MR) is 102 cm³/mol. The molecule has 0 amide bonds. The van der Waals surface area contributed by atoms with E-state index in [0.29, 0.717) is 12.5 Å². The zero-order valence-electron chi connectivity index (χ0n) is 15.8. The SMILES string of the molecule is Cc1ccc(NCC2COC3(COCCN(Cc4ccccn4)C3)C2)nn1. The molecule has 4 heterocycles. The third-order valence-corrected chi connectivity index (χ3v) is 5.20. The molecule has 2 aliphatic heterocycles. The topological polar surface area (TPSA) is 72.4 Å². The van der Waals surface area contributed by atoms with Gasteiger partial charge in [0.25, 0.3) is 0 Å². The van der Waals surface area contributed by atoms with E-state index in [2.05, 4.69) is 31.5 Å². The minimum atomic E-state index is -0.226. The Morgan fingerprint density at radius 1 is 1.26 bits per heavy atom. The van der Waals surface area contributed by atoms with Crippen LogP contribution in [0, 0.1) is 12.8 Å². The van der Waals surface area contributed by atoms with E-state index in [9.17, 15) is 0 Å². The Morgan fingerprint density at radius 3 is 3.04 bits per heavy atom. The van der Waals surface area contributed by atoms with Crippen LogP contribution >= 0.6 is 0 Å². The molecule has 0 radical (unpaired) electrons. The van der Waals surface area contributed by atoms with Gasteiger partial charge in [0.2, 0.25) is 0 Å². The molecule has 2 fully saturated rings. The van der Waals surface area contributed by atoms with E-state index in [1.807, 2.05) is 37.4 Å². The smallest absolute Gasteiger partial charge is 0.148 e. The second kappa shape index (κ2) is 8.29. The highest BCUT2D eigenvalue weighted by Gasteiger charge is 2.43. The van der Waals surface area contributed by atoms with Gasteiger partial charge in [-0.05, 0) is 37.6 Å². The first kappa shape index (κ1) is 18.3. The first-order chi connectivity index (χ1) is 13.2. The third-order valence-electron chi connectivity index (χ3n) is 5.20. The van der Waals surface area contributed by atoms with Gasteiger partial charge in [-0.25, -0.2) is 0 Å². The summed E-state index contributed by atoms with van der Waals surface area (Å²) in [6, 6.07) is 10.00. The number of anilines is 1. The van der Waals surface area contributed by atoms with Gasteiger partial charge in [-0.3, -0.25) is 9.88 Å². The fourth-order valence-corrected chi connectivity index (χ4v) is 3.86. The second-order valence-electron chi connectivity index (χ2n) is 7.59. The fraction of sp³-hybridized carbons (Fsp3) is 0.550. The lowest BCUT2D eigenvalue weighted by Crippen LogP contribution is -2.44. The van der Waals surface area contributed by atoms with Gasteiger partial charge in [-0.15, -0.1) is 5.10 Å². The summed E-state index contributed by atoms with van der Waals surface area (Å²) in [5, 5.41) is 11.7. The number of aromatic nitrogens is 3. The van der Waals surface area contributed by atoms with E-state index >= 15 is 0 Å². The maximum atomic E-state index is 6.29. The Bertz CT molecular complexity index is 727. The normalized spacial score (nSPS) is 26.2. The summed E-state index contributed by atoms with van der Waals surface area (Å²) in [4.78, 5) is 6.86. The number of nitrogens with zero attached hydrogens (tertiary/aromatic N) is 4. The van der Waals surface area contributed by atoms with Crippen LogP contribution in [0.3, 0.4) is 0 Å². The summed E-state index contributed by atoms with van der Waals surface area (Å²) in [5.41, 5.74) is 1.78. The van der Waals surface area contributed by atoms with Crippen LogP contribution < -0.4 is 5.32 Å². The molecule has 0 aliphatic carbocycles. The molecule has 1 spiro atoms. The number of rotatable bonds is 5. The first-order valence-electron chi connectivity index (χ1n) is 9.59. The van der Waals surface area contributed by atoms with Crippen molar-refractivity contribution in [2.75, 3.05) is 44.8 Å². The summed E-state index contributed by atoms with van der Waals surface area (Å²) in [6.45, 7) is 7.53. The zero-order chi connectivity index (χ0) is 18.5. The van der Waals surface area contributed by atoms with E-state index in [1.54, 1.807) is 0 Å². The largest absolute Gasteiger partial charge is 0.377 e. The first-order valence-corrected chi connectivity index (χ1v) is 9.59. The number of hydrogen-bond acceptors (Lipinski definition) is 7. The van der Waals surface area contributed by atoms with Crippen LogP contribution in [0.4, 0.5) is 5.82 Å². The van der Waals surface area contributed by atoms with Crippen LogP contribution in [0.25, 0.3) is 0 Å². The van der Waals surface area contributed by atoms with Crippen molar-refractivity contribution in [1.29, 1.82) is 0 Å². The van der Waals surface area contributed by atoms with E-state index in [1.165, 1.54) is 0 Å². The monoisotopic (exact) mass is 369 g/mol. The molecule has 7 heteroatoms. The van der Waals surface area contributed by atoms with Crippen LogP contribution in [0.2, 0.25) is 0 Å². The lowest BCUT2D eigenvalue weighted by atomic mass is 9.94. The van der Waals surface area contributed by atoms with Gasteiger partial charge in [0, 0.05) is 38.3 Å². The molecule has 27 heavy (non-hydrogen) atoms. The van der Waals surface area contributed by atoms with Gasteiger partial charge < -0.3 is 14.8 Å². The second-order valence-corrected chi connectivity index (χ2v) is 7.59. The average Bonchev–Trinajstić information content (AvgIpc) is 2.97. The highest BCUT2D eigenvalue weighted by Crippen LogP contribution is 2.33. The molecule has 0 bridgehead atoms. The molecular formula is C20H27N5O2. The van der Waals surface area contributed by atoms with Crippen molar-refractivity contribution in [2.45, 2.75) is 25.5 Å². The van der Waals surface area contributed by atoms with Crippen molar-refractivity contribution < 1.29 is 9.47 Å². The molecule has 1 N–H and O–H groups in total. The van der Waals surface area contributed by atoms with Crippen molar-refractivity contribution in [3.05, 3.63) is 47.9 Å². The summed E-state index contributed by atoms with van der Waals surface area (Å²) in [6.07, 6.45) is 2.83. The Kier molecular flexibility index (Phi) is 5.61. The number of aryl methyl sites for hydroxylation is 1. The summed E-state index contributed by atoms with van der Waals surface area (Å²) in [7, 11) is 0. The van der Waals surface area contributed by atoms with E-state index in [-0.39, 0.29) is 5.60 Å². The van der Waals surface area contributed by atoms with Crippen LogP contribution in [-0.2, 0) is 16.0 Å². The summed E-state index contributed by atoms with van der Waals surface area (Å²) >= 11 is 0. The highest BCUT2D eigenvalue weighted by atomic mass is 16.5. The van der Waals surface area contributed by atoms with Gasteiger partial charge in [-0.2, -0.15) is 5.10 Å². The van der Waals surface area contributed by atoms with E-state index in [4.69, 9.17) is 9.47 Å². The van der Waals surface area contributed by atoms with Gasteiger partial charge in [0.15, 0.2) is 0 Å². The molecule has 4 rings (SSSR count). The Morgan fingerprint density at radius 2 is 2.22 bits per heavy atom. The number of nitrogens with one attached hydrogen (secondary N) is 1. The van der Waals surface area contributed by atoms with Gasteiger partial charge >= 0.3 is 0 Å². The number of ether oxygens (including phenoxy) is 2. The molecule has 7 nitrogen and oxygen atoms in total. The van der Waals surface area contributed by atoms with Gasteiger partial charge in [0.1, 0.15) is 11.4 Å². The minimum Gasteiger partial charge on any atom is -0.377 e. The summed E-state index contributed by atoms with van der Waals surface area (Å²) in [5.74, 6) is 1.25. The van der Waals surface area contributed by atoms with Crippen molar-refractivity contribution >= 4 is 5.82 Å². The Balaban J connectivity index is 1.34. The molecule has 2 aromatic rings. The maximum Gasteiger partial charge on any atom is 0.148 e. The summed E-state index contributed by atoms with van der Waals surface area (Å²) < 4.78 is 12.2. The average molecular weight is 369 g/mol. The fourth-order valence-electron chi connectivity index (χ4n) is 3.86. The number of hydrogen-bond donors (Lipinski definition) is 1. The lowest BCUT2D eigenvalue weighted by Gasteiger charge is -2.31. The van der Waals surface area contributed by atoms with E-state index in [0.717, 1.165) is 63.0 Å². The van der Waals surface area contributed by atoms with Crippen molar-refractivity contribution in [1.82, 2.24) is 20.1 Å². The van der Waals surface area contributed by atoms with Crippen molar-refractivity contribution in [2.24, 2.45) is 5.92 Å². The molecule has 2 atom stereocenters. The van der Waals surface area contributed by atoms with Crippen LogP contribution in [0.5, 0.6) is 0 Å². The van der Waals surface area contributed by atoms with Gasteiger partial charge in [-0.1, -0.05) is 6.07 Å². The Labute approximate surface area is 160 Å². The van der Waals surface area contributed by atoms with E-state index < -0.39 is 0 Å². The molecule has 2 saturated heterocycles. The zero-order valence-corrected chi connectivity index (χ0v) is 15.8. The minimum absolute atomic E-state index is 0.226. The maximum absolute atomic E-state index is 6.29. The molecule has 0 aromatic carbocycles. The third kappa shape index (κ3) is 4.80. The molecule has 2 aromatic heterocycles. The molecule has 0 saturated carbocycles. The lowest BCUT2D eigenvalue weighted by molar-refractivity contribution is -0.0563. The highest BCUT2D eigenvalue weighted by molar-refractivity contribution is 5.32. The van der Waals surface area contributed by atoms with Crippen molar-refractivity contribution in [3.8, 4) is 0 Å². The van der Waals surface area contributed by atoms with Crippen LogP contribution in [-0.4, -0.2) is 65.1 Å². The predicted octanol–water partition coefficient (Wildman–Crippen LogP) is 1.90. The molecule has 2 unspecified atom stereocenters. The quantitative estimate of drug-likeness (QED) is 0.863. The van der Waals surface area contributed by atoms with Crippen molar-refractivity contribution in [3.63, 3.8) is 0 Å². The molecular weight excluding hydrogens is 342 g/mol. The van der Waals surface area contributed by atoms with Crippen LogP contribution in [0.1, 0.15) is 17.8 Å². The Hall–Kier alpha value is -2.09. The molecule has 2 aliphatic rings. The van der Waals surface area contributed by atoms with Gasteiger partial charge in [0.05, 0.1) is 31.2 Å². The number of pyridine rings is 1. The van der Waals surface area contributed by atoms with Crippen LogP contribution in [0.15, 0.2) is 36.5 Å². The molecule has 144 valence electrons. The standard InChI is InChI=1S/C20H27N5O2/c1-16-5-6-19(24-23-16)22-11-17-10-20(27-13-17)14-25(8-9-26-15-20)12-18-4-2-3-7-21-18/h2-7,17H,8-15H2,1H3,(H,22,24).